The van der Waals surface area contributed by atoms with Gasteiger partial charge < -0.3 is 32.5 Å². The van der Waals surface area contributed by atoms with Crippen molar-refractivity contribution in [3.05, 3.63) is 65.7 Å². The average Bonchev–Trinajstić information content (AvgIpc) is 2.90. The number of nitrogens with one attached hydrogen (secondary N) is 3. The van der Waals surface area contributed by atoms with E-state index < -0.39 is 47.8 Å². The van der Waals surface area contributed by atoms with Crippen LogP contribution in [0.5, 0.6) is 5.75 Å². The SMILES string of the molecule is NC(=O)[C@H]1CSCCSC[C@@H](NC(=O)[C@@H](N)Cc2ccc(O)cc2)C(=O)N[C@@H](Cc2ccccc2)C(=O)N1. The molecule has 0 spiro atoms. The number of phenols is 1. The van der Waals surface area contributed by atoms with Gasteiger partial charge in [0.15, 0.2) is 0 Å². The lowest BCUT2D eigenvalue weighted by Crippen LogP contribution is -2.59. The largest absolute Gasteiger partial charge is 0.508 e. The van der Waals surface area contributed by atoms with Crippen LogP contribution < -0.4 is 27.4 Å². The molecule has 0 saturated carbocycles. The van der Waals surface area contributed by atoms with Crippen LogP contribution in [0.4, 0.5) is 0 Å². The molecule has 1 saturated heterocycles. The Balaban J connectivity index is 1.75. The van der Waals surface area contributed by atoms with Gasteiger partial charge in [-0.1, -0.05) is 42.5 Å². The van der Waals surface area contributed by atoms with E-state index in [-0.39, 0.29) is 24.3 Å². The number of rotatable bonds is 7. The first-order chi connectivity index (χ1) is 18.2. The lowest BCUT2D eigenvalue weighted by Gasteiger charge is -2.25. The van der Waals surface area contributed by atoms with Crippen molar-refractivity contribution in [1.29, 1.82) is 0 Å². The van der Waals surface area contributed by atoms with Gasteiger partial charge in [-0.05, 0) is 29.7 Å². The second-order valence-corrected chi connectivity index (χ2v) is 11.2. The van der Waals surface area contributed by atoms with Crippen LogP contribution in [-0.2, 0) is 32.0 Å². The number of aromatic hydroxyl groups is 1. The van der Waals surface area contributed by atoms with Crippen molar-refractivity contribution in [1.82, 2.24) is 16.0 Å². The number of carbonyl (C=O) groups excluding carboxylic acids is 4. The fourth-order valence-corrected chi connectivity index (χ4v) is 5.99. The first-order valence-electron chi connectivity index (χ1n) is 12.2. The molecule has 204 valence electrons. The van der Waals surface area contributed by atoms with E-state index in [4.69, 9.17) is 11.5 Å². The predicted octanol–water partition coefficient (Wildman–Crippen LogP) is -0.0756. The Labute approximate surface area is 230 Å². The lowest BCUT2D eigenvalue weighted by atomic mass is 10.0. The van der Waals surface area contributed by atoms with E-state index in [9.17, 15) is 24.3 Å². The Hall–Kier alpha value is -3.22. The van der Waals surface area contributed by atoms with Crippen LogP contribution in [0.3, 0.4) is 0 Å². The van der Waals surface area contributed by atoms with Gasteiger partial charge >= 0.3 is 0 Å². The van der Waals surface area contributed by atoms with E-state index in [1.165, 1.54) is 35.7 Å². The van der Waals surface area contributed by atoms with Gasteiger partial charge in [-0.25, -0.2) is 0 Å². The maximum atomic E-state index is 13.3. The van der Waals surface area contributed by atoms with Crippen LogP contribution in [-0.4, -0.2) is 75.9 Å². The molecule has 3 rings (SSSR count). The predicted molar refractivity (Wildman–Crippen MR) is 150 cm³/mol. The Morgan fingerprint density at radius 2 is 1.61 bits per heavy atom. The average molecular weight is 560 g/mol. The van der Waals surface area contributed by atoms with Crippen molar-refractivity contribution < 1.29 is 24.3 Å². The number of hydrogen-bond acceptors (Lipinski definition) is 8. The van der Waals surface area contributed by atoms with Crippen molar-refractivity contribution in [2.75, 3.05) is 23.0 Å². The van der Waals surface area contributed by atoms with E-state index >= 15 is 0 Å². The minimum absolute atomic E-state index is 0.110. The molecular weight excluding hydrogens is 526 g/mol. The summed E-state index contributed by atoms with van der Waals surface area (Å²) in [6.07, 6.45) is 0.406. The number of thioether (sulfide) groups is 2. The van der Waals surface area contributed by atoms with Crippen LogP contribution in [0.2, 0.25) is 0 Å². The maximum absolute atomic E-state index is 13.3. The van der Waals surface area contributed by atoms with Crippen molar-refractivity contribution in [2.24, 2.45) is 11.5 Å². The van der Waals surface area contributed by atoms with Crippen molar-refractivity contribution >= 4 is 47.2 Å². The van der Waals surface area contributed by atoms with Crippen LogP contribution in [0.1, 0.15) is 11.1 Å². The van der Waals surface area contributed by atoms with E-state index in [0.717, 1.165) is 11.1 Å². The molecule has 0 unspecified atom stereocenters. The molecular formula is C26H33N5O5S2. The van der Waals surface area contributed by atoms with Crippen molar-refractivity contribution in [2.45, 2.75) is 37.0 Å². The molecule has 10 nitrogen and oxygen atoms in total. The first-order valence-corrected chi connectivity index (χ1v) is 14.5. The molecule has 4 atom stereocenters. The fraction of sp³-hybridized carbons (Fsp3) is 0.385. The summed E-state index contributed by atoms with van der Waals surface area (Å²) in [6.45, 7) is 0. The fourth-order valence-electron chi connectivity index (χ4n) is 3.76. The molecule has 2 aromatic carbocycles. The third-order valence-corrected chi connectivity index (χ3v) is 8.26. The van der Waals surface area contributed by atoms with Gasteiger partial charge in [0.25, 0.3) is 0 Å². The summed E-state index contributed by atoms with van der Waals surface area (Å²) >= 11 is 2.95. The second kappa shape index (κ2) is 14.6. The number of primary amides is 1. The number of benzene rings is 2. The smallest absolute Gasteiger partial charge is 0.244 e. The summed E-state index contributed by atoms with van der Waals surface area (Å²) in [5.74, 6) is -0.172. The van der Waals surface area contributed by atoms with E-state index in [2.05, 4.69) is 16.0 Å². The van der Waals surface area contributed by atoms with Crippen LogP contribution in [0.25, 0.3) is 0 Å². The number of phenolic OH excluding ortho intramolecular Hbond substituents is 1. The summed E-state index contributed by atoms with van der Waals surface area (Å²) < 4.78 is 0. The highest BCUT2D eigenvalue weighted by molar-refractivity contribution is 8.03. The normalized spacial score (nSPS) is 22.0. The summed E-state index contributed by atoms with van der Waals surface area (Å²) in [5.41, 5.74) is 13.2. The number of amides is 4. The van der Waals surface area contributed by atoms with Gasteiger partial charge in [-0.3, -0.25) is 19.2 Å². The highest BCUT2D eigenvalue weighted by Crippen LogP contribution is 2.14. The zero-order valence-corrected chi connectivity index (χ0v) is 22.4. The highest BCUT2D eigenvalue weighted by atomic mass is 32.2. The summed E-state index contributed by atoms with van der Waals surface area (Å²) in [7, 11) is 0. The zero-order chi connectivity index (χ0) is 27.5. The minimum atomic E-state index is -0.993. The van der Waals surface area contributed by atoms with Crippen LogP contribution in [0.15, 0.2) is 54.6 Å². The van der Waals surface area contributed by atoms with Gasteiger partial charge in [0.1, 0.15) is 23.9 Å². The minimum Gasteiger partial charge on any atom is -0.508 e. The van der Waals surface area contributed by atoms with E-state index in [0.29, 0.717) is 17.3 Å². The standard InChI is InChI=1S/C26H33N5O5S2/c27-19(12-17-6-8-18(32)9-7-17)24(34)31-22-15-38-11-10-37-14-21(23(28)33)30-25(35)20(29-26(22)36)13-16-4-2-1-3-5-16/h1-9,19-22,32H,10-15,27H2,(H2,28,33)(H,29,36)(H,30,35)(H,31,34)/t19-,20-,21+,22+/m0/s1. The van der Waals surface area contributed by atoms with Crippen LogP contribution in [0, 0.1) is 0 Å². The number of nitrogens with two attached hydrogens (primary N) is 2. The molecule has 1 aliphatic heterocycles. The summed E-state index contributed by atoms with van der Waals surface area (Å²) in [6, 6.07) is 11.8. The van der Waals surface area contributed by atoms with Crippen molar-refractivity contribution in [3.63, 3.8) is 0 Å². The molecule has 1 aliphatic rings. The molecule has 12 heteroatoms. The molecule has 8 N–H and O–H groups in total. The first kappa shape index (κ1) is 29.3. The number of carbonyl (C=O) groups is 4. The molecule has 0 bridgehead atoms. The third kappa shape index (κ3) is 9.26. The number of hydrogen-bond donors (Lipinski definition) is 6. The molecule has 38 heavy (non-hydrogen) atoms. The van der Waals surface area contributed by atoms with Gasteiger partial charge in [0, 0.05) is 29.4 Å². The molecule has 1 heterocycles. The quantitative estimate of drug-likeness (QED) is 0.273. The van der Waals surface area contributed by atoms with Gasteiger partial charge in [0.05, 0.1) is 6.04 Å². The zero-order valence-electron chi connectivity index (χ0n) is 20.8. The molecule has 4 amide bonds. The van der Waals surface area contributed by atoms with E-state index in [1.807, 2.05) is 30.3 Å². The highest BCUT2D eigenvalue weighted by Gasteiger charge is 2.30. The Morgan fingerprint density at radius 1 is 0.947 bits per heavy atom. The molecule has 2 aromatic rings. The van der Waals surface area contributed by atoms with Gasteiger partial charge in [-0.2, -0.15) is 23.5 Å². The topological polar surface area (TPSA) is 177 Å². The molecule has 1 fully saturated rings. The monoisotopic (exact) mass is 559 g/mol. The van der Waals surface area contributed by atoms with Gasteiger partial charge in [0.2, 0.25) is 23.6 Å². The maximum Gasteiger partial charge on any atom is 0.244 e. The van der Waals surface area contributed by atoms with E-state index in [1.54, 1.807) is 12.1 Å². The Kier molecular flexibility index (Phi) is 11.3. The third-order valence-electron chi connectivity index (χ3n) is 5.88. The second-order valence-electron chi connectivity index (χ2n) is 8.90. The van der Waals surface area contributed by atoms with Gasteiger partial charge in [-0.15, -0.1) is 0 Å². The lowest BCUT2D eigenvalue weighted by molar-refractivity contribution is -0.133. The summed E-state index contributed by atoms with van der Waals surface area (Å²) in [5, 5.41) is 17.6. The summed E-state index contributed by atoms with van der Waals surface area (Å²) in [4.78, 5) is 51.4. The Bertz CT molecular complexity index is 1100. The molecule has 0 aromatic heterocycles. The van der Waals surface area contributed by atoms with Crippen molar-refractivity contribution in [3.8, 4) is 5.75 Å². The molecule has 0 aliphatic carbocycles. The van der Waals surface area contributed by atoms with Crippen LogP contribution >= 0.6 is 23.5 Å². The Morgan fingerprint density at radius 3 is 2.26 bits per heavy atom. The molecule has 0 radical (unpaired) electrons.